The SMILES string of the molecule is COC(=O)C1CN([C@H]2CCCn3nc(C(=O)Nc4cccc(-c5cccc(NC(=O)c6ccc(CN7CC[C@@H](O)C7)cn6)c5C)c4C)cc32)C1. The van der Waals surface area contributed by atoms with Gasteiger partial charge in [-0.25, -0.2) is 0 Å². The van der Waals surface area contributed by atoms with E-state index in [4.69, 9.17) is 4.74 Å². The number of aromatic nitrogens is 3. The topological polar surface area (TPSA) is 142 Å². The maximum atomic E-state index is 13.5. The van der Waals surface area contributed by atoms with Crippen LogP contribution in [0.3, 0.4) is 0 Å². The van der Waals surface area contributed by atoms with E-state index in [2.05, 4.69) is 30.5 Å². The highest BCUT2D eigenvalue weighted by atomic mass is 16.5. The fraction of sp³-hybridized carbons (Fsp3) is 0.395. The number of ether oxygens (including phenoxy) is 1. The first kappa shape index (κ1) is 33.6. The molecule has 50 heavy (non-hydrogen) atoms. The monoisotopic (exact) mass is 677 g/mol. The number of benzene rings is 2. The number of β-amino-alcohol motifs (C(OH)–C–C–N with tert-alkyl or cyclic N) is 1. The highest BCUT2D eigenvalue weighted by molar-refractivity contribution is 6.05. The molecule has 3 aliphatic rings. The summed E-state index contributed by atoms with van der Waals surface area (Å²) in [6.07, 6.45) is 4.12. The van der Waals surface area contributed by atoms with Crippen molar-refractivity contribution in [2.24, 2.45) is 5.92 Å². The summed E-state index contributed by atoms with van der Waals surface area (Å²) in [6, 6.07) is 17.2. The zero-order chi connectivity index (χ0) is 34.9. The molecular formula is C38H43N7O5. The summed E-state index contributed by atoms with van der Waals surface area (Å²) in [5.74, 6) is -0.858. The average Bonchev–Trinajstić information content (AvgIpc) is 3.72. The number of carbonyl (C=O) groups excluding carboxylic acids is 3. The van der Waals surface area contributed by atoms with Gasteiger partial charge in [-0.15, -0.1) is 0 Å². The molecule has 0 bridgehead atoms. The van der Waals surface area contributed by atoms with Gasteiger partial charge < -0.3 is 20.5 Å². The minimum Gasteiger partial charge on any atom is -0.469 e. The number of aliphatic hydroxyl groups is 1. The highest BCUT2D eigenvalue weighted by Gasteiger charge is 2.40. The fourth-order valence-corrected chi connectivity index (χ4v) is 7.39. The number of fused-ring (bicyclic) bond motifs is 1. The van der Waals surface area contributed by atoms with Crippen LogP contribution in [0, 0.1) is 19.8 Å². The first-order chi connectivity index (χ1) is 24.2. The van der Waals surface area contributed by atoms with Gasteiger partial charge in [-0.05, 0) is 85.2 Å². The van der Waals surface area contributed by atoms with Crippen molar-refractivity contribution in [3.8, 4) is 11.1 Å². The number of likely N-dealkylation sites (tertiary alicyclic amines) is 2. The van der Waals surface area contributed by atoms with Gasteiger partial charge in [0.1, 0.15) is 5.69 Å². The molecule has 260 valence electrons. The molecule has 3 N–H and O–H groups in total. The summed E-state index contributed by atoms with van der Waals surface area (Å²) < 4.78 is 6.82. The van der Waals surface area contributed by atoms with Gasteiger partial charge in [0.2, 0.25) is 0 Å². The van der Waals surface area contributed by atoms with E-state index in [1.807, 2.05) is 67.1 Å². The first-order valence-corrected chi connectivity index (χ1v) is 17.3. The summed E-state index contributed by atoms with van der Waals surface area (Å²) in [5, 5.41) is 20.6. The van der Waals surface area contributed by atoms with Crippen LogP contribution in [0.25, 0.3) is 11.1 Å². The third-order valence-electron chi connectivity index (χ3n) is 10.3. The average molecular weight is 678 g/mol. The lowest BCUT2D eigenvalue weighted by Gasteiger charge is -2.44. The number of carbonyl (C=O) groups is 3. The second kappa shape index (κ2) is 14.1. The number of esters is 1. The van der Waals surface area contributed by atoms with Crippen LogP contribution in [-0.4, -0.2) is 86.8 Å². The van der Waals surface area contributed by atoms with Crippen molar-refractivity contribution in [3.05, 3.63) is 94.6 Å². The third kappa shape index (κ3) is 6.78. The molecule has 0 saturated carbocycles. The van der Waals surface area contributed by atoms with E-state index in [0.717, 1.165) is 65.9 Å². The van der Waals surface area contributed by atoms with Crippen LogP contribution in [0.5, 0.6) is 0 Å². The van der Waals surface area contributed by atoms with Crippen LogP contribution in [0.4, 0.5) is 11.4 Å². The van der Waals surface area contributed by atoms with Crippen molar-refractivity contribution in [1.29, 1.82) is 0 Å². The molecule has 0 spiro atoms. The molecule has 12 nitrogen and oxygen atoms in total. The van der Waals surface area contributed by atoms with Crippen molar-refractivity contribution in [2.45, 2.75) is 58.3 Å². The van der Waals surface area contributed by atoms with Crippen molar-refractivity contribution in [3.63, 3.8) is 0 Å². The standard InChI is InChI=1S/C38H43N7O5/c1-23-28(7-4-9-30(23)40-36(47)32-13-12-25(18-39-32)19-43-16-14-27(46)22-43)29-8-5-10-31(24(29)2)41-37(48)33-17-35-34(11-6-15-45(35)42-33)44-20-26(21-44)38(49)50-3/h4-5,7-10,12-13,17-18,26-27,34,46H,6,11,14-16,19-22H2,1-3H3,(H,40,47)(H,41,48)/t27-,34+/m1/s1. The van der Waals surface area contributed by atoms with E-state index in [-0.39, 0.29) is 35.8 Å². The van der Waals surface area contributed by atoms with E-state index in [1.165, 1.54) is 7.11 Å². The smallest absolute Gasteiger partial charge is 0.311 e. The Morgan fingerprint density at radius 1 is 0.880 bits per heavy atom. The zero-order valence-corrected chi connectivity index (χ0v) is 28.7. The van der Waals surface area contributed by atoms with Crippen molar-refractivity contribution < 1.29 is 24.2 Å². The predicted molar refractivity (Wildman–Crippen MR) is 189 cm³/mol. The van der Waals surface area contributed by atoms with Crippen molar-refractivity contribution >= 4 is 29.2 Å². The summed E-state index contributed by atoms with van der Waals surface area (Å²) in [4.78, 5) is 47.5. The van der Waals surface area contributed by atoms with E-state index in [9.17, 15) is 19.5 Å². The number of nitrogens with zero attached hydrogens (tertiary/aromatic N) is 5. The van der Waals surface area contributed by atoms with Crippen molar-refractivity contribution in [1.82, 2.24) is 24.6 Å². The number of methoxy groups -OCH3 is 1. The van der Waals surface area contributed by atoms with Crippen molar-refractivity contribution in [2.75, 3.05) is 43.9 Å². The largest absolute Gasteiger partial charge is 0.469 e. The van der Waals surface area contributed by atoms with E-state index in [0.29, 0.717) is 48.9 Å². The Morgan fingerprint density at radius 2 is 1.56 bits per heavy atom. The predicted octanol–water partition coefficient (Wildman–Crippen LogP) is 4.57. The quantitative estimate of drug-likeness (QED) is 0.217. The Labute approximate surface area is 291 Å². The van der Waals surface area contributed by atoms with E-state index < -0.39 is 0 Å². The van der Waals surface area contributed by atoms with Crippen LogP contribution in [-0.2, 0) is 22.6 Å². The second-order valence-corrected chi connectivity index (χ2v) is 13.6. The molecule has 0 unspecified atom stereocenters. The van der Waals surface area contributed by atoms with Gasteiger partial charge >= 0.3 is 5.97 Å². The van der Waals surface area contributed by atoms with E-state index in [1.54, 1.807) is 12.3 Å². The Kier molecular flexibility index (Phi) is 9.50. The van der Waals surface area contributed by atoms with Gasteiger partial charge in [0.15, 0.2) is 5.69 Å². The van der Waals surface area contributed by atoms with Crippen LogP contribution < -0.4 is 10.6 Å². The Balaban J connectivity index is 1.03. The fourth-order valence-electron chi connectivity index (χ4n) is 7.39. The minimum atomic E-state index is -0.298. The maximum absolute atomic E-state index is 13.5. The number of anilines is 2. The number of aliphatic hydroxyl groups excluding tert-OH is 1. The normalized spacial score (nSPS) is 19.4. The molecule has 2 amide bonds. The number of amides is 2. The van der Waals surface area contributed by atoms with Gasteiger partial charge in [0, 0.05) is 56.8 Å². The summed E-state index contributed by atoms with van der Waals surface area (Å²) in [5.41, 5.74) is 7.70. The molecule has 3 aliphatic heterocycles. The number of hydrogen-bond acceptors (Lipinski definition) is 9. The highest BCUT2D eigenvalue weighted by Crippen LogP contribution is 2.37. The molecule has 2 aromatic carbocycles. The molecule has 2 aromatic heterocycles. The van der Waals surface area contributed by atoms with Crippen LogP contribution in [0.1, 0.15) is 68.7 Å². The molecular weight excluding hydrogens is 634 g/mol. The molecule has 4 aromatic rings. The van der Waals surface area contributed by atoms with Crippen LogP contribution >= 0.6 is 0 Å². The van der Waals surface area contributed by atoms with Crippen LogP contribution in [0.15, 0.2) is 60.8 Å². The molecule has 5 heterocycles. The lowest BCUT2D eigenvalue weighted by molar-refractivity contribution is -0.152. The number of rotatable bonds is 9. The van der Waals surface area contributed by atoms with Gasteiger partial charge in [-0.2, -0.15) is 5.10 Å². The Morgan fingerprint density at radius 3 is 2.16 bits per heavy atom. The third-order valence-corrected chi connectivity index (χ3v) is 10.3. The number of hydrogen-bond donors (Lipinski definition) is 3. The molecule has 2 saturated heterocycles. The van der Waals surface area contributed by atoms with Gasteiger partial charge in [-0.3, -0.25) is 33.8 Å². The lowest BCUT2D eigenvalue weighted by atomic mass is 9.93. The summed E-state index contributed by atoms with van der Waals surface area (Å²) in [6.45, 7) is 8.18. The van der Waals surface area contributed by atoms with E-state index >= 15 is 0 Å². The van der Waals surface area contributed by atoms with Gasteiger partial charge in [0.25, 0.3) is 11.8 Å². The minimum absolute atomic E-state index is 0.103. The molecule has 12 heteroatoms. The number of aryl methyl sites for hydroxylation is 1. The Bertz CT molecular complexity index is 1920. The second-order valence-electron chi connectivity index (χ2n) is 13.6. The Hall–Kier alpha value is -4.91. The molecule has 7 rings (SSSR count). The number of nitrogens with one attached hydrogen (secondary N) is 2. The molecule has 2 fully saturated rings. The summed E-state index contributed by atoms with van der Waals surface area (Å²) >= 11 is 0. The number of pyridine rings is 1. The summed E-state index contributed by atoms with van der Waals surface area (Å²) in [7, 11) is 1.42. The zero-order valence-electron chi connectivity index (χ0n) is 28.7. The van der Waals surface area contributed by atoms with Gasteiger partial charge in [-0.1, -0.05) is 30.3 Å². The molecule has 2 atom stereocenters. The lowest BCUT2D eigenvalue weighted by Crippen LogP contribution is -2.52. The van der Waals surface area contributed by atoms with Gasteiger partial charge in [0.05, 0.1) is 30.9 Å². The van der Waals surface area contributed by atoms with Crippen LogP contribution in [0.2, 0.25) is 0 Å². The molecule has 0 aliphatic carbocycles. The first-order valence-electron chi connectivity index (χ1n) is 17.3. The maximum Gasteiger partial charge on any atom is 0.311 e. The molecule has 0 radical (unpaired) electrons.